The molecule has 0 unspecified atom stereocenters. The number of hydrogen-bond donors (Lipinski definition) is 0. The molecule has 44 heavy (non-hydrogen) atoms. The van der Waals surface area contributed by atoms with Gasteiger partial charge in [0.1, 0.15) is 0 Å². The molecule has 0 amide bonds. The summed E-state index contributed by atoms with van der Waals surface area (Å²) >= 11 is 0. The van der Waals surface area contributed by atoms with E-state index in [1.54, 1.807) is 5.56 Å². The number of benzene rings is 4. The van der Waals surface area contributed by atoms with Gasteiger partial charge in [-0.25, -0.2) is 11.1 Å². The monoisotopic (exact) mass is 739 g/mol. The van der Waals surface area contributed by atoms with Crippen molar-refractivity contribution >= 4 is 21.7 Å². The molecule has 220 valence electrons. The Morgan fingerprint density at radius 3 is 1.93 bits per heavy atom. The molecule has 0 bridgehead atoms. The average Bonchev–Trinajstić information content (AvgIpc) is 3.76. The van der Waals surface area contributed by atoms with Crippen LogP contribution in [0, 0.1) is 6.08 Å². The second-order valence-electron chi connectivity index (χ2n) is 11.7. The van der Waals surface area contributed by atoms with Gasteiger partial charge in [0.15, 0.2) is 0 Å². The molecule has 5 aromatic carbocycles. The van der Waals surface area contributed by atoms with Gasteiger partial charge < -0.3 is 4.57 Å². The molecule has 0 N–H and O–H groups in total. The summed E-state index contributed by atoms with van der Waals surface area (Å²) < 4.78 is 2.50. The Morgan fingerprint density at radius 1 is 0.705 bits per heavy atom. The van der Waals surface area contributed by atoms with Crippen LogP contribution in [-0.4, -0.2) is 4.57 Å². The molecule has 0 atom stereocenters. The van der Waals surface area contributed by atoms with Crippen LogP contribution in [0.4, 0.5) is 0 Å². The molecule has 0 saturated carbocycles. The van der Waals surface area contributed by atoms with Gasteiger partial charge in [0.05, 0.1) is 5.52 Å². The van der Waals surface area contributed by atoms with E-state index in [0.717, 1.165) is 19.3 Å². The van der Waals surface area contributed by atoms with E-state index in [2.05, 4.69) is 152 Å². The first-order chi connectivity index (χ1) is 21.2. The van der Waals surface area contributed by atoms with Crippen LogP contribution in [0.1, 0.15) is 55.5 Å². The maximum Gasteiger partial charge on any atom is 0.0516 e. The van der Waals surface area contributed by atoms with Gasteiger partial charge in [0.25, 0.3) is 0 Å². The van der Waals surface area contributed by atoms with E-state index >= 15 is 0 Å². The molecule has 6 aromatic rings. The molecule has 0 spiro atoms. The quantitative estimate of drug-likeness (QED) is 0.125. The summed E-state index contributed by atoms with van der Waals surface area (Å²) in [6, 6.07) is 43.4. The number of fused-ring (bicyclic) bond motifs is 4. The van der Waals surface area contributed by atoms with Crippen molar-refractivity contribution in [2.45, 2.75) is 58.8 Å². The van der Waals surface area contributed by atoms with Crippen LogP contribution >= 0.6 is 0 Å². The zero-order chi connectivity index (χ0) is 29.4. The minimum Gasteiger partial charge on any atom is -0.332 e. The van der Waals surface area contributed by atoms with E-state index in [1.165, 1.54) is 81.0 Å². The van der Waals surface area contributed by atoms with Crippen molar-refractivity contribution in [3.63, 3.8) is 0 Å². The van der Waals surface area contributed by atoms with E-state index in [1.807, 2.05) is 0 Å². The van der Waals surface area contributed by atoms with Gasteiger partial charge in [0.2, 0.25) is 0 Å². The Morgan fingerprint density at radius 2 is 1.32 bits per heavy atom. The van der Waals surface area contributed by atoms with Crippen LogP contribution in [0.2, 0.25) is 0 Å². The van der Waals surface area contributed by atoms with E-state index < -0.39 is 0 Å². The number of allylic oxidation sites excluding steroid dienone is 4. The Balaban J connectivity index is 0.000000150. The number of aryl methyl sites for hydroxylation is 3. The Kier molecular flexibility index (Phi) is 11.1. The maximum absolute atomic E-state index is 3.19. The third-order valence-electron chi connectivity index (χ3n) is 8.79. The maximum atomic E-state index is 3.19. The minimum atomic E-state index is 0. The van der Waals surface area contributed by atoms with Crippen LogP contribution in [0.5, 0.6) is 0 Å². The van der Waals surface area contributed by atoms with Crippen LogP contribution in [0.15, 0.2) is 139 Å². The van der Waals surface area contributed by atoms with E-state index in [0.29, 0.717) is 0 Å². The summed E-state index contributed by atoms with van der Waals surface area (Å²) in [7, 11) is 0. The summed E-state index contributed by atoms with van der Waals surface area (Å²) in [5.41, 5.74) is 11.3. The van der Waals surface area contributed by atoms with Crippen molar-refractivity contribution in [3.05, 3.63) is 167 Å². The van der Waals surface area contributed by atoms with Gasteiger partial charge in [-0.05, 0) is 67.0 Å². The van der Waals surface area contributed by atoms with E-state index in [-0.39, 0.29) is 25.8 Å². The first-order valence-corrected chi connectivity index (χ1v) is 15.8. The third-order valence-corrected chi connectivity index (χ3v) is 8.79. The number of nitrogens with zero attached hydrogens (tertiary/aromatic N) is 1. The number of hydrogen-bond acceptors (Lipinski definition) is 0. The predicted molar refractivity (Wildman–Crippen MR) is 184 cm³/mol. The molecule has 2 aliphatic rings. The number of aromatic nitrogens is 1. The number of para-hydroxylation sites is 1. The van der Waals surface area contributed by atoms with Crippen LogP contribution in [-0.2, 0) is 51.5 Å². The molecule has 0 aliphatic heterocycles. The number of rotatable bonds is 4. The van der Waals surface area contributed by atoms with Crippen molar-refractivity contribution in [2.24, 2.45) is 0 Å². The van der Waals surface area contributed by atoms with Gasteiger partial charge in [0, 0.05) is 36.9 Å². The van der Waals surface area contributed by atoms with Crippen LogP contribution < -0.4 is 0 Å². The largest absolute Gasteiger partial charge is 0.332 e. The van der Waals surface area contributed by atoms with Crippen molar-refractivity contribution in [1.29, 1.82) is 0 Å². The minimum absolute atomic E-state index is 0. The fourth-order valence-electron chi connectivity index (χ4n) is 6.28. The van der Waals surface area contributed by atoms with Crippen molar-refractivity contribution in [2.75, 3.05) is 0 Å². The molecule has 1 nitrogen and oxygen atoms in total. The molecule has 1 aromatic heterocycles. The van der Waals surface area contributed by atoms with E-state index in [4.69, 9.17) is 0 Å². The first-order valence-electron chi connectivity index (χ1n) is 15.8. The second-order valence-corrected chi connectivity index (χ2v) is 11.7. The van der Waals surface area contributed by atoms with Gasteiger partial charge in [-0.15, -0.1) is 54.4 Å². The van der Waals surface area contributed by atoms with Crippen molar-refractivity contribution < 1.29 is 25.8 Å². The first kappa shape index (κ1) is 31.8. The molecule has 0 radical (unpaired) electrons. The van der Waals surface area contributed by atoms with Crippen LogP contribution in [0.3, 0.4) is 0 Å². The summed E-state index contributed by atoms with van der Waals surface area (Å²) in [6.07, 6.45) is 13.7. The molecular weight excluding hydrogens is 697 g/mol. The average molecular weight is 738 g/mol. The topological polar surface area (TPSA) is 4.93 Å². The summed E-state index contributed by atoms with van der Waals surface area (Å²) in [6.45, 7) is 4.22. The van der Waals surface area contributed by atoms with Crippen LogP contribution in [0.25, 0.3) is 27.4 Å². The molecule has 0 saturated heterocycles. The smallest absolute Gasteiger partial charge is 0.0516 e. The summed E-state index contributed by atoms with van der Waals surface area (Å²) in [5.74, 6) is 0. The standard InChI is InChI=1S/C21H18N.C14H14.C7H9.Hf/c1-2-8-16-14-17(13-15(16)7-1)22-20-11-5-3-9-18(20)19-10-4-6-12-21(19)22;1-3-7-13(8-4-1)11-12-14-9-5-2-6-10-14;1-6-4-3-5-7(6)2;/h1-3,5,7-9,11,13-14H,4,6,10,12H2;1-10H,11-12H2;4H,3H2,1-2H3;/q-1;;-1;. The van der Waals surface area contributed by atoms with Gasteiger partial charge in [-0.3, -0.25) is 6.08 Å². The van der Waals surface area contributed by atoms with Gasteiger partial charge >= 0.3 is 0 Å². The van der Waals surface area contributed by atoms with Crippen molar-refractivity contribution in [3.8, 4) is 5.69 Å². The van der Waals surface area contributed by atoms with Crippen molar-refractivity contribution in [1.82, 2.24) is 4.57 Å². The van der Waals surface area contributed by atoms with Gasteiger partial charge in [-0.2, -0.15) is 6.08 Å². The SMILES string of the molecule is CC1=[C-]CC=C1C.[Hf].c1ccc(CCc2ccccc2)cc1.c1ccc2[cH-]c(-n3c4c(c5ccccc53)CCCC4)cc2c1. The normalized spacial score (nSPS) is 13.5. The zero-order valence-electron chi connectivity index (χ0n) is 26.0. The fourth-order valence-corrected chi connectivity index (χ4v) is 6.28. The molecule has 0 fully saturated rings. The second kappa shape index (κ2) is 15.4. The molecular formula is C42H41HfN-2. The Labute approximate surface area is 282 Å². The third kappa shape index (κ3) is 7.53. The predicted octanol–water partition coefficient (Wildman–Crippen LogP) is 10.9. The molecule has 2 aliphatic carbocycles. The molecule has 2 heteroatoms. The molecule has 8 rings (SSSR count). The summed E-state index contributed by atoms with van der Waals surface area (Å²) in [5, 5.41) is 4.11. The summed E-state index contributed by atoms with van der Waals surface area (Å²) in [4.78, 5) is 0. The Hall–Kier alpha value is -3.62. The van der Waals surface area contributed by atoms with Gasteiger partial charge in [-0.1, -0.05) is 91.9 Å². The zero-order valence-corrected chi connectivity index (χ0v) is 29.6. The fraction of sp³-hybridized carbons (Fsp3) is 0.214. The Bertz CT molecular complexity index is 1760. The molecule has 1 heterocycles. The van der Waals surface area contributed by atoms with E-state index in [9.17, 15) is 0 Å².